The molecule has 0 aliphatic heterocycles. The summed E-state index contributed by atoms with van der Waals surface area (Å²) >= 11 is 0. The molecule has 3 N–H and O–H groups in total. The van der Waals surface area contributed by atoms with Crippen molar-refractivity contribution in [1.82, 2.24) is 4.90 Å². The van der Waals surface area contributed by atoms with Crippen LogP contribution in [0.1, 0.15) is 25.8 Å². The minimum absolute atomic E-state index is 0.0163. The van der Waals surface area contributed by atoms with Crippen molar-refractivity contribution in [3.05, 3.63) is 29.8 Å². The lowest BCUT2D eigenvalue weighted by atomic mass is 10.0. The van der Waals surface area contributed by atoms with Crippen LogP contribution >= 0.6 is 0 Å². The third kappa shape index (κ3) is 3.59. The van der Waals surface area contributed by atoms with E-state index < -0.39 is 0 Å². The summed E-state index contributed by atoms with van der Waals surface area (Å²) in [6.07, 6.45) is 0.542. The Labute approximate surface area is 102 Å². The van der Waals surface area contributed by atoms with Crippen LogP contribution in [0, 0.1) is 5.41 Å². The zero-order chi connectivity index (χ0) is 13.0. The molecule has 17 heavy (non-hydrogen) atoms. The van der Waals surface area contributed by atoms with Gasteiger partial charge in [0.15, 0.2) is 0 Å². The van der Waals surface area contributed by atoms with Crippen LogP contribution in [0.2, 0.25) is 0 Å². The molecule has 1 aromatic carbocycles. The molecule has 1 rings (SSSR count). The van der Waals surface area contributed by atoms with Gasteiger partial charge in [-0.05, 0) is 24.6 Å². The lowest BCUT2D eigenvalue weighted by Crippen LogP contribution is -2.34. The van der Waals surface area contributed by atoms with Crippen LogP contribution in [0.3, 0.4) is 0 Å². The predicted octanol–water partition coefficient (Wildman–Crippen LogP) is 1.89. The third-order valence-electron chi connectivity index (χ3n) is 2.92. The average molecular weight is 233 g/mol. The third-order valence-corrected chi connectivity index (χ3v) is 2.92. The largest absolute Gasteiger partial charge is 0.399 e. The summed E-state index contributed by atoms with van der Waals surface area (Å²) < 4.78 is 0. The molecule has 0 saturated carbocycles. The second kappa shape index (κ2) is 5.48. The summed E-state index contributed by atoms with van der Waals surface area (Å²) in [7, 11) is 1.75. The highest BCUT2D eigenvalue weighted by Crippen LogP contribution is 2.11. The quantitative estimate of drug-likeness (QED) is 0.616. The van der Waals surface area contributed by atoms with Gasteiger partial charge in [-0.15, -0.1) is 0 Å². The molecule has 1 amide bonds. The van der Waals surface area contributed by atoms with E-state index in [1.807, 2.05) is 19.1 Å². The smallest absolute Gasteiger partial charge is 0.219 e. The second-order valence-corrected chi connectivity index (χ2v) is 4.28. The van der Waals surface area contributed by atoms with Crippen molar-refractivity contribution >= 4 is 17.3 Å². The van der Waals surface area contributed by atoms with Gasteiger partial charge in [0.05, 0.1) is 0 Å². The van der Waals surface area contributed by atoms with Crippen LogP contribution < -0.4 is 5.73 Å². The number of anilines is 1. The Bertz CT molecular complexity index is 411. The molecule has 0 heterocycles. The van der Waals surface area contributed by atoms with Crippen molar-refractivity contribution in [2.45, 2.75) is 26.3 Å². The number of nitrogens with one attached hydrogen (secondary N) is 1. The molecule has 0 fully saturated rings. The van der Waals surface area contributed by atoms with Gasteiger partial charge in [-0.25, -0.2) is 0 Å². The number of carbonyl (C=O) groups excluding carboxylic acids is 1. The standard InChI is InChI=1S/C13H19N3O/c1-9(16(3)10(2)17)8-13(15)11-4-6-12(14)7-5-11/h4-7,9,15H,8,14H2,1-3H3/t9-/m1/s1. The summed E-state index contributed by atoms with van der Waals surface area (Å²) in [6.45, 7) is 3.47. The van der Waals surface area contributed by atoms with Gasteiger partial charge in [0.1, 0.15) is 0 Å². The van der Waals surface area contributed by atoms with Crippen molar-refractivity contribution in [2.75, 3.05) is 12.8 Å². The molecule has 92 valence electrons. The number of nitrogen functional groups attached to an aromatic ring is 1. The van der Waals surface area contributed by atoms with Crippen LogP contribution in [0.5, 0.6) is 0 Å². The zero-order valence-corrected chi connectivity index (χ0v) is 10.5. The molecule has 1 atom stereocenters. The molecule has 0 unspecified atom stereocenters. The van der Waals surface area contributed by atoms with Gasteiger partial charge in [-0.3, -0.25) is 4.79 Å². The van der Waals surface area contributed by atoms with Crippen molar-refractivity contribution in [3.8, 4) is 0 Å². The fourth-order valence-electron chi connectivity index (χ4n) is 1.54. The Morgan fingerprint density at radius 1 is 1.41 bits per heavy atom. The molecule has 0 aromatic heterocycles. The molecule has 4 heteroatoms. The van der Waals surface area contributed by atoms with Gasteiger partial charge in [0, 0.05) is 37.8 Å². The molecule has 0 aliphatic rings. The number of hydrogen-bond acceptors (Lipinski definition) is 3. The van der Waals surface area contributed by atoms with Crippen LogP contribution in [-0.4, -0.2) is 29.6 Å². The first-order valence-corrected chi connectivity index (χ1v) is 5.58. The Morgan fingerprint density at radius 2 is 1.94 bits per heavy atom. The Morgan fingerprint density at radius 3 is 2.41 bits per heavy atom. The maximum Gasteiger partial charge on any atom is 0.219 e. The molecule has 0 saturated heterocycles. The van der Waals surface area contributed by atoms with E-state index in [1.54, 1.807) is 24.1 Å². The van der Waals surface area contributed by atoms with Gasteiger partial charge >= 0.3 is 0 Å². The second-order valence-electron chi connectivity index (χ2n) is 4.28. The number of hydrogen-bond donors (Lipinski definition) is 2. The molecule has 0 aliphatic carbocycles. The van der Waals surface area contributed by atoms with Gasteiger partial charge in [-0.1, -0.05) is 12.1 Å². The monoisotopic (exact) mass is 233 g/mol. The Hall–Kier alpha value is -1.84. The molecule has 0 radical (unpaired) electrons. The van der Waals surface area contributed by atoms with Gasteiger partial charge in [0.2, 0.25) is 5.91 Å². The molecule has 1 aromatic rings. The maximum absolute atomic E-state index is 11.2. The van der Waals surface area contributed by atoms with Gasteiger partial charge in [-0.2, -0.15) is 0 Å². The highest BCUT2D eigenvalue weighted by Gasteiger charge is 2.14. The molecule has 4 nitrogen and oxygen atoms in total. The molecular weight excluding hydrogens is 214 g/mol. The summed E-state index contributed by atoms with van der Waals surface area (Å²) in [4.78, 5) is 12.8. The first-order chi connectivity index (χ1) is 7.91. The van der Waals surface area contributed by atoms with E-state index >= 15 is 0 Å². The van der Waals surface area contributed by atoms with Crippen LogP contribution in [0.15, 0.2) is 24.3 Å². The van der Waals surface area contributed by atoms with E-state index in [1.165, 1.54) is 6.92 Å². The van der Waals surface area contributed by atoms with Crippen LogP contribution in [0.4, 0.5) is 5.69 Å². The van der Waals surface area contributed by atoms with Crippen molar-refractivity contribution in [2.24, 2.45) is 0 Å². The average Bonchev–Trinajstić information content (AvgIpc) is 2.28. The lowest BCUT2D eigenvalue weighted by molar-refractivity contribution is -0.129. The van der Waals surface area contributed by atoms with E-state index in [-0.39, 0.29) is 11.9 Å². The van der Waals surface area contributed by atoms with E-state index in [4.69, 9.17) is 11.1 Å². The van der Waals surface area contributed by atoms with Gasteiger partial charge in [0.25, 0.3) is 0 Å². The number of nitrogens with two attached hydrogens (primary N) is 1. The van der Waals surface area contributed by atoms with Crippen LogP contribution in [0.25, 0.3) is 0 Å². The fraction of sp³-hybridized carbons (Fsp3) is 0.385. The van der Waals surface area contributed by atoms with Crippen molar-refractivity contribution in [1.29, 1.82) is 5.41 Å². The summed E-state index contributed by atoms with van der Waals surface area (Å²) in [6, 6.07) is 7.25. The molecule has 0 bridgehead atoms. The van der Waals surface area contributed by atoms with Gasteiger partial charge < -0.3 is 16.0 Å². The lowest BCUT2D eigenvalue weighted by Gasteiger charge is -2.23. The highest BCUT2D eigenvalue weighted by atomic mass is 16.2. The minimum Gasteiger partial charge on any atom is -0.399 e. The maximum atomic E-state index is 11.2. The molecular formula is C13H19N3O. The van der Waals surface area contributed by atoms with E-state index in [2.05, 4.69) is 0 Å². The number of benzene rings is 1. The number of carbonyl (C=O) groups is 1. The number of rotatable bonds is 4. The topological polar surface area (TPSA) is 70.2 Å². The first kappa shape index (κ1) is 13.2. The normalized spacial score (nSPS) is 11.9. The van der Waals surface area contributed by atoms with E-state index in [0.717, 1.165) is 5.56 Å². The molecule has 0 spiro atoms. The predicted molar refractivity (Wildman–Crippen MR) is 70.2 cm³/mol. The van der Waals surface area contributed by atoms with Crippen molar-refractivity contribution < 1.29 is 4.79 Å². The first-order valence-electron chi connectivity index (χ1n) is 5.58. The van der Waals surface area contributed by atoms with E-state index in [0.29, 0.717) is 17.8 Å². The summed E-state index contributed by atoms with van der Waals surface area (Å²) in [5.41, 5.74) is 7.65. The summed E-state index contributed by atoms with van der Waals surface area (Å²) in [5, 5.41) is 7.99. The summed E-state index contributed by atoms with van der Waals surface area (Å²) in [5.74, 6) is 0.0163. The number of amides is 1. The Balaban J connectivity index is 2.66. The fourth-order valence-corrected chi connectivity index (χ4v) is 1.54. The Kier molecular flexibility index (Phi) is 4.26. The van der Waals surface area contributed by atoms with Crippen LogP contribution in [-0.2, 0) is 4.79 Å². The minimum atomic E-state index is 0.0163. The highest BCUT2D eigenvalue weighted by molar-refractivity contribution is 5.98. The zero-order valence-electron chi connectivity index (χ0n) is 10.5. The SMILES string of the molecule is CC(=O)N(C)[C@H](C)CC(=N)c1ccc(N)cc1. The van der Waals surface area contributed by atoms with Crippen molar-refractivity contribution in [3.63, 3.8) is 0 Å². The number of nitrogens with zero attached hydrogens (tertiary/aromatic N) is 1. The van der Waals surface area contributed by atoms with E-state index in [9.17, 15) is 4.79 Å².